The van der Waals surface area contributed by atoms with Crippen molar-refractivity contribution in [3.8, 4) is 0 Å². The van der Waals surface area contributed by atoms with Gasteiger partial charge in [-0.3, -0.25) is 0 Å². The average Bonchev–Trinajstić information content (AvgIpc) is 2.61. The standard InChI is InChI=1S/C13H24O/c1-2-5-13(14)10-8-12(9-11-13)6-3-4-7-12/h14H,2-11H2,1H3. The second-order valence-electron chi connectivity index (χ2n) is 5.68. The molecule has 2 fully saturated rings. The van der Waals surface area contributed by atoms with Crippen LogP contribution >= 0.6 is 0 Å². The molecule has 0 aromatic rings. The predicted octanol–water partition coefficient (Wildman–Crippen LogP) is 3.65. The molecule has 1 heteroatoms. The molecule has 82 valence electrons. The topological polar surface area (TPSA) is 20.2 Å². The summed E-state index contributed by atoms with van der Waals surface area (Å²) in [5, 5.41) is 10.3. The predicted molar refractivity (Wildman–Crippen MR) is 59.2 cm³/mol. The smallest absolute Gasteiger partial charge is 0.0648 e. The van der Waals surface area contributed by atoms with E-state index in [0.29, 0.717) is 5.41 Å². The van der Waals surface area contributed by atoms with Crippen molar-refractivity contribution in [1.82, 2.24) is 0 Å². The minimum absolute atomic E-state index is 0.289. The van der Waals surface area contributed by atoms with Crippen LogP contribution in [0.2, 0.25) is 0 Å². The van der Waals surface area contributed by atoms with Crippen LogP contribution in [-0.2, 0) is 0 Å². The number of hydrogen-bond donors (Lipinski definition) is 1. The molecule has 0 aliphatic heterocycles. The lowest BCUT2D eigenvalue weighted by Crippen LogP contribution is -2.37. The Morgan fingerprint density at radius 3 is 2.00 bits per heavy atom. The Morgan fingerprint density at radius 1 is 0.929 bits per heavy atom. The summed E-state index contributed by atoms with van der Waals surface area (Å²) >= 11 is 0. The van der Waals surface area contributed by atoms with E-state index in [-0.39, 0.29) is 5.60 Å². The average molecular weight is 196 g/mol. The molecular formula is C13H24O. The zero-order valence-corrected chi connectivity index (χ0v) is 9.52. The summed E-state index contributed by atoms with van der Waals surface area (Å²) in [6, 6.07) is 0. The Labute approximate surface area is 87.9 Å². The van der Waals surface area contributed by atoms with Crippen LogP contribution in [0.25, 0.3) is 0 Å². The van der Waals surface area contributed by atoms with E-state index in [9.17, 15) is 5.11 Å². The Hall–Kier alpha value is -0.0400. The third-order valence-corrected chi connectivity index (χ3v) is 4.62. The molecule has 2 aliphatic rings. The molecule has 14 heavy (non-hydrogen) atoms. The van der Waals surface area contributed by atoms with Gasteiger partial charge in [0.05, 0.1) is 5.60 Å². The zero-order chi connectivity index (χ0) is 10.1. The number of hydrogen-bond acceptors (Lipinski definition) is 1. The van der Waals surface area contributed by atoms with Crippen molar-refractivity contribution in [3.05, 3.63) is 0 Å². The molecule has 0 radical (unpaired) electrons. The van der Waals surface area contributed by atoms with Gasteiger partial charge in [0.2, 0.25) is 0 Å². The van der Waals surface area contributed by atoms with Crippen LogP contribution in [-0.4, -0.2) is 10.7 Å². The van der Waals surface area contributed by atoms with Crippen LogP contribution in [0.1, 0.15) is 71.1 Å². The largest absolute Gasteiger partial charge is 0.390 e. The van der Waals surface area contributed by atoms with Crippen molar-refractivity contribution in [2.24, 2.45) is 5.41 Å². The summed E-state index contributed by atoms with van der Waals surface area (Å²) in [6.07, 6.45) is 12.6. The van der Waals surface area contributed by atoms with Gasteiger partial charge in [-0.05, 0) is 50.4 Å². The van der Waals surface area contributed by atoms with Crippen molar-refractivity contribution in [2.75, 3.05) is 0 Å². The van der Waals surface area contributed by atoms with E-state index >= 15 is 0 Å². The maximum Gasteiger partial charge on any atom is 0.0648 e. The third-order valence-electron chi connectivity index (χ3n) is 4.62. The van der Waals surface area contributed by atoms with Crippen LogP contribution in [0.15, 0.2) is 0 Å². The Morgan fingerprint density at radius 2 is 1.50 bits per heavy atom. The van der Waals surface area contributed by atoms with Gasteiger partial charge < -0.3 is 5.11 Å². The Kier molecular flexibility index (Phi) is 2.88. The molecule has 0 atom stereocenters. The van der Waals surface area contributed by atoms with Gasteiger partial charge in [0, 0.05) is 0 Å². The first-order valence-corrected chi connectivity index (χ1v) is 6.41. The van der Waals surface area contributed by atoms with Gasteiger partial charge in [0.15, 0.2) is 0 Å². The molecule has 2 rings (SSSR count). The fraction of sp³-hybridized carbons (Fsp3) is 1.00. The summed E-state index contributed by atoms with van der Waals surface area (Å²) in [4.78, 5) is 0. The molecule has 1 nitrogen and oxygen atoms in total. The summed E-state index contributed by atoms with van der Waals surface area (Å²) in [7, 11) is 0. The molecule has 2 saturated carbocycles. The zero-order valence-electron chi connectivity index (χ0n) is 9.52. The van der Waals surface area contributed by atoms with Crippen molar-refractivity contribution < 1.29 is 5.11 Å². The highest BCUT2D eigenvalue weighted by Crippen LogP contribution is 2.51. The minimum atomic E-state index is -0.289. The molecule has 0 amide bonds. The lowest BCUT2D eigenvalue weighted by molar-refractivity contribution is -0.0391. The van der Waals surface area contributed by atoms with Crippen LogP contribution in [0.5, 0.6) is 0 Å². The lowest BCUT2D eigenvalue weighted by Gasteiger charge is -2.42. The summed E-state index contributed by atoms with van der Waals surface area (Å²) in [6.45, 7) is 2.18. The van der Waals surface area contributed by atoms with Crippen LogP contribution in [0.3, 0.4) is 0 Å². The van der Waals surface area contributed by atoms with Crippen molar-refractivity contribution in [2.45, 2.75) is 76.7 Å². The van der Waals surface area contributed by atoms with Gasteiger partial charge in [-0.2, -0.15) is 0 Å². The first-order chi connectivity index (χ1) is 6.68. The summed E-state index contributed by atoms with van der Waals surface area (Å²) in [5.41, 5.74) is 0.378. The van der Waals surface area contributed by atoms with Gasteiger partial charge >= 0.3 is 0 Å². The fourth-order valence-electron chi connectivity index (χ4n) is 3.59. The maximum absolute atomic E-state index is 10.3. The van der Waals surface area contributed by atoms with Crippen molar-refractivity contribution >= 4 is 0 Å². The number of rotatable bonds is 2. The Balaban J connectivity index is 1.90. The molecule has 2 aliphatic carbocycles. The van der Waals surface area contributed by atoms with Crippen LogP contribution in [0, 0.1) is 5.41 Å². The summed E-state index contributed by atoms with van der Waals surface area (Å²) in [5.74, 6) is 0. The van der Waals surface area contributed by atoms with Gasteiger partial charge in [-0.15, -0.1) is 0 Å². The van der Waals surface area contributed by atoms with Gasteiger partial charge in [-0.25, -0.2) is 0 Å². The molecule has 1 N–H and O–H groups in total. The highest BCUT2D eigenvalue weighted by molar-refractivity contribution is 4.94. The molecule has 0 aromatic heterocycles. The van der Waals surface area contributed by atoms with E-state index in [1.165, 1.54) is 38.5 Å². The molecular weight excluding hydrogens is 172 g/mol. The summed E-state index contributed by atoms with van der Waals surface area (Å²) < 4.78 is 0. The quantitative estimate of drug-likeness (QED) is 0.714. The molecule has 0 heterocycles. The van der Waals surface area contributed by atoms with E-state index in [1.807, 2.05) is 0 Å². The minimum Gasteiger partial charge on any atom is -0.390 e. The Bertz CT molecular complexity index is 181. The van der Waals surface area contributed by atoms with Gasteiger partial charge in [0.25, 0.3) is 0 Å². The van der Waals surface area contributed by atoms with Gasteiger partial charge in [-0.1, -0.05) is 26.2 Å². The normalized spacial score (nSPS) is 29.6. The highest BCUT2D eigenvalue weighted by Gasteiger charge is 2.42. The second kappa shape index (κ2) is 3.84. The lowest BCUT2D eigenvalue weighted by atomic mass is 9.67. The molecule has 0 unspecified atom stereocenters. The highest BCUT2D eigenvalue weighted by atomic mass is 16.3. The van der Waals surface area contributed by atoms with E-state index in [0.717, 1.165) is 25.7 Å². The SMILES string of the molecule is CCCC1(O)CCC2(CCCC2)CC1. The van der Waals surface area contributed by atoms with Crippen molar-refractivity contribution in [3.63, 3.8) is 0 Å². The fourth-order valence-corrected chi connectivity index (χ4v) is 3.59. The second-order valence-corrected chi connectivity index (χ2v) is 5.68. The van der Waals surface area contributed by atoms with E-state index in [1.54, 1.807) is 0 Å². The maximum atomic E-state index is 10.3. The molecule has 0 bridgehead atoms. The molecule has 0 saturated heterocycles. The monoisotopic (exact) mass is 196 g/mol. The first-order valence-electron chi connectivity index (χ1n) is 6.41. The van der Waals surface area contributed by atoms with Crippen LogP contribution in [0.4, 0.5) is 0 Å². The molecule has 0 aromatic carbocycles. The third kappa shape index (κ3) is 1.98. The van der Waals surface area contributed by atoms with E-state index in [4.69, 9.17) is 0 Å². The first kappa shape index (κ1) is 10.5. The van der Waals surface area contributed by atoms with Crippen molar-refractivity contribution in [1.29, 1.82) is 0 Å². The van der Waals surface area contributed by atoms with Gasteiger partial charge in [0.1, 0.15) is 0 Å². The van der Waals surface area contributed by atoms with E-state index in [2.05, 4.69) is 6.92 Å². The van der Waals surface area contributed by atoms with Crippen LogP contribution < -0.4 is 0 Å². The van der Waals surface area contributed by atoms with E-state index < -0.39 is 0 Å². The number of aliphatic hydroxyl groups is 1. The molecule has 1 spiro atoms.